The van der Waals surface area contributed by atoms with Crippen LogP contribution in [0.1, 0.15) is 59.5 Å². The third-order valence-electron chi connectivity index (χ3n) is 6.26. The van der Waals surface area contributed by atoms with E-state index in [2.05, 4.69) is 12.1 Å². The zero-order valence-electron chi connectivity index (χ0n) is 15.4. The number of fused-ring (bicyclic) bond motifs is 1. The Morgan fingerprint density at radius 1 is 1.00 bits per heavy atom. The van der Waals surface area contributed by atoms with Crippen molar-refractivity contribution in [3.63, 3.8) is 0 Å². The van der Waals surface area contributed by atoms with Crippen molar-refractivity contribution in [3.8, 4) is 0 Å². The van der Waals surface area contributed by atoms with Crippen molar-refractivity contribution in [2.75, 3.05) is 6.54 Å². The summed E-state index contributed by atoms with van der Waals surface area (Å²) in [5.41, 5.74) is 1.80. The molecule has 1 aliphatic carbocycles. The molecule has 2 aliphatic rings. The van der Waals surface area contributed by atoms with Crippen LogP contribution in [-0.2, 0) is 11.2 Å². The molecule has 0 saturated heterocycles. The summed E-state index contributed by atoms with van der Waals surface area (Å²) >= 11 is 0. The normalized spacial score (nSPS) is 21.1. The first kappa shape index (κ1) is 17.8. The molecule has 1 heterocycles. The second kappa shape index (κ2) is 7.18. The van der Waals surface area contributed by atoms with Crippen LogP contribution in [-0.4, -0.2) is 34.0 Å². The molecule has 1 fully saturated rings. The summed E-state index contributed by atoms with van der Waals surface area (Å²) < 4.78 is 0. The Balaban J connectivity index is 1.77. The van der Waals surface area contributed by atoms with Crippen molar-refractivity contribution in [2.24, 2.45) is 0 Å². The van der Waals surface area contributed by atoms with E-state index in [0.29, 0.717) is 17.7 Å². The van der Waals surface area contributed by atoms with Crippen LogP contribution < -0.4 is 0 Å². The Labute approximate surface area is 159 Å². The first-order valence-electron chi connectivity index (χ1n) is 9.81. The van der Waals surface area contributed by atoms with E-state index in [1.807, 2.05) is 41.3 Å². The average molecular weight is 363 g/mol. The number of benzene rings is 2. The number of carbonyl (C=O) groups is 2. The maximum Gasteiger partial charge on any atom is 0.313 e. The second-order valence-corrected chi connectivity index (χ2v) is 7.72. The maximum atomic E-state index is 13.4. The van der Waals surface area contributed by atoms with Crippen molar-refractivity contribution >= 4 is 11.9 Å². The lowest BCUT2D eigenvalue weighted by molar-refractivity contribution is -0.144. The fourth-order valence-electron chi connectivity index (χ4n) is 5.03. The highest BCUT2D eigenvalue weighted by molar-refractivity contribution is 6.01. The molecule has 1 atom stereocenters. The van der Waals surface area contributed by atoms with Gasteiger partial charge in [-0.25, -0.2) is 0 Å². The van der Waals surface area contributed by atoms with Crippen molar-refractivity contribution in [1.29, 1.82) is 0 Å². The van der Waals surface area contributed by atoms with Crippen LogP contribution in [0.3, 0.4) is 0 Å². The molecule has 1 N–H and O–H groups in total. The van der Waals surface area contributed by atoms with E-state index in [-0.39, 0.29) is 5.91 Å². The number of carboxylic acid groups (broad SMARTS) is 1. The number of rotatable bonds is 4. The van der Waals surface area contributed by atoms with E-state index < -0.39 is 17.4 Å². The zero-order valence-corrected chi connectivity index (χ0v) is 15.4. The van der Waals surface area contributed by atoms with Gasteiger partial charge in [0.05, 0.1) is 5.54 Å². The van der Waals surface area contributed by atoms with Gasteiger partial charge in [0, 0.05) is 12.1 Å². The van der Waals surface area contributed by atoms with E-state index >= 15 is 0 Å². The molecule has 0 unspecified atom stereocenters. The summed E-state index contributed by atoms with van der Waals surface area (Å²) in [5.74, 6) is -1.48. The molecule has 140 valence electrons. The van der Waals surface area contributed by atoms with Gasteiger partial charge in [-0.3, -0.25) is 9.59 Å². The quantitative estimate of drug-likeness (QED) is 0.883. The van der Waals surface area contributed by atoms with E-state index in [9.17, 15) is 14.7 Å². The SMILES string of the molecule is O=C(O)[C@@H]1c2ccccc2C(=O)N(CCc2ccccc2)C12CCCCC2. The van der Waals surface area contributed by atoms with Crippen LogP contribution in [0.15, 0.2) is 54.6 Å². The van der Waals surface area contributed by atoms with E-state index in [4.69, 9.17) is 0 Å². The first-order valence-corrected chi connectivity index (χ1v) is 9.81. The second-order valence-electron chi connectivity index (χ2n) is 7.72. The number of nitrogens with zero attached hydrogens (tertiary/aromatic N) is 1. The van der Waals surface area contributed by atoms with Gasteiger partial charge in [-0.2, -0.15) is 0 Å². The highest BCUT2D eigenvalue weighted by Gasteiger charge is 2.54. The maximum absolute atomic E-state index is 13.4. The number of carboxylic acids is 1. The molecule has 4 nitrogen and oxygen atoms in total. The molecule has 1 aliphatic heterocycles. The highest BCUT2D eigenvalue weighted by atomic mass is 16.4. The Morgan fingerprint density at radius 3 is 2.37 bits per heavy atom. The van der Waals surface area contributed by atoms with Crippen LogP contribution in [0.5, 0.6) is 0 Å². The first-order chi connectivity index (χ1) is 13.1. The van der Waals surface area contributed by atoms with Gasteiger partial charge in [-0.1, -0.05) is 67.8 Å². The molecule has 0 radical (unpaired) electrons. The van der Waals surface area contributed by atoms with Crippen molar-refractivity contribution in [2.45, 2.75) is 50.0 Å². The lowest BCUT2D eigenvalue weighted by atomic mass is 9.65. The number of carbonyl (C=O) groups excluding carboxylic acids is 1. The Bertz CT molecular complexity index is 840. The predicted molar refractivity (Wildman–Crippen MR) is 104 cm³/mol. The van der Waals surface area contributed by atoms with Gasteiger partial charge in [0.15, 0.2) is 0 Å². The van der Waals surface area contributed by atoms with Crippen LogP contribution >= 0.6 is 0 Å². The van der Waals surface area contributed by atoms with Crippen LogP contribution in [0.25, 0.3) is 0 Å². The van der Waals surface area contributed by atoms with Crippen molar-refractivity contribution in [3.05, 3.63) is 71.3 Å². The molecule has 1 spiro atoms. The van der Waals surface area contributed by atoms with Gasteiger partial charge in [-0.15, -0.1) is 0 Å². The Kier molecular flexibility index (Phi) is 4.73. The molecule has 0 bridgehead atoms. The van der Waals surface area contributed by atoms with Crippen molar-refractivity contribution < 1.29 is 14.7 Å². The highest BCUT2D eigenvalue weighted by Crippen LogP contribution is 2.49. The number of hydrogen-bond acceptors (Lipinski definition) is 2. The topological polar surface area (TPSA) is 57.6 Å². The lowest BCUT2D eigenvalue weighted by Gasteiger charge is -2.53. The minimum atomic E-state index is -0.818. The van der Waals surface area contributed by atoms with Gasteiger partial charge < -0.3 is 10.0 Å². The molecular weight excluding hydrogens is 338 g/mol. The van der Waals surface area contributed by atoms with Gasteiger partial charge in [0.25, 0.3) is 5.91 Å². The van der Waals surface area contributed by atoms with Crippen LogP contribution in [0.4, 0.5) is 0 Å². The fraction of sp³-hybridized carbons (Fsp3) is 0.391. The summed E-state index contributed by atoms with van der Waals surface area (Å²) in [5, 5.41) is 10.2. The van der Waals surface area contributed by atoms with Gasteiger partial charge in [0.1, 0.15) is 5.92 Å². The molecule has 0 aromatic heterocycles. The lowest BCUT2D eigenvalue weighted by Crippen LogP contribution is -2.61. The smallest absolute Gasteiger partial charge is 0.313 e. The minimum Gasteiger partial charge on any atom is -0.481 e. The molecule has 1 amide bonds. The van der Waals surface area contributed by atoms with E-state index in [1.165, 1.54) is 5.56 Å². The molecule has 4 heteroatoms. The predicted octanol–water partition coefficient (Wildman–Crippen LogP) is 4.26. The third kappa shape index (κ3) is 3.03. The summed E-state index contributed by atoms with van der Waals surface area (Å²) in [4.78, 5) is 27.7. The number of amides is 1. The van der Waals surface area contributed by atoms with Crippen LogP contribution in [0, 0.1) is 0 Å². The van der Waals surface area contributed by atoms with E-state index in [0.717, 1.165) is 38.5 Å². The number of hydrogen-bond donors (Lipinski definition) is 1. The van der Waals surface area contributed by atoms with Crippen molar-refractivity contribution in [1.82, 2.24) is 4.90 Å². The Hall–Kier alpha value is -2.62. The molecular formula is C23H25NO3. The number of aliphatic carboxylic acids is 1. The molecule has 1 saturated carbocycles. The van der Waals surface area contributed by atoms with E-state index in [1.54, 1.807) is 6.07 Å². The zero-order chi connectivity index (χ0) is 18.9. The largest absolute Gasteiger partial charge is 0.481 e. The summed E-state index contributed by atoms with van der Waals surface area (Å²) in [6.07, 6.45) is 5.32. The molecule has 4 rings (SSSR count). The minimum absolute atomic E-state index is 0.0130. The fourth-order valence-corrected chi connectivity index (χ4v) is 5.03. The van der Waals surface area contributed by atoms with Gasteiger partial charge in [0.2, 0.25) is 0 Å². The van der Waals surface area contributed by atoms with Crippen LogP contribution in [0.2, 0.25) is 0 Å². The average Bonchev–Trinajstić information content (AvgIpc) is 2.69. The molecule has 27 heavy (non-hydrogen) atoms. The molecule has 2 aromatic rings. The summed E-state index contributed by atoms with van der Waals surface area (Å²) in [6, 6.07) is 17.4. The Morgan fingerprint density at radius 2 is 1.67 bits per heavy atom. The van der Waals surface area contributed by atoms with Gasteiger partial charge >= 0.3 is 5.97 Å². The third-order valence-corrected chi connectivity index (χ3v) is 6.26. The molecule has 2 aromatic carbocycles. The summed E-state index contributed by atoms with van der Waals surface area (Å²) in [7, 11) is 0. The van der Waals surface area contributed by atoms with Gasteiger partial charge in [-0.05, 0) is 36.5 Å². The summed E-state index contributed by atoms with van der Waals surface area (Å²) in [6.45, 7) is 0.557. The monoisotopic (exact) mass is 363 g/mol. The standard InChI is InChI=1S/C23H25NO3/c25-21-19-12-6-5-11-18(19)20(22(26)27)23(14-7-2-8-15-23)24(21)16-13-17-9-3-1-4-10-17/h1,3-6,9-12,20H,2,7-8,13-16H2,(H,26,27)/t20-/m0/s1.